The fourth-order valence-electron chi connectivity index (χ4n) is 3.27. The predicted octanol–water partition coefficient (Wildman–Crippen LogP) is 3.16. The Labute approximate surface area is 161 Å². The molecule has 2 aromatic rings. The lowest BCUT2D eigenvalue weighted by Gasteiger charge is -2.15. The molecular weight excluding hydrogens is 366 g/mol. The number of hydrogen-bond donors (Lipinski definition) is 1. The highest BCUT2D eigenvalue weighted by Crippen LogP contribution is 2.38. The van der Waals surface area contributed by atoms with E-state index in [2.05, 4.69) is 4.72 Å². The van der Waals surface area contributed by atoms with Gasteiger partial charge in [0.1, 0.15) is 0 Å². The van der Waals surface area contributed by atoms with Crippen LogP contribution < -0.4 is 18.9 Å². The Morgan fingerprint density at radius 3 is 1.81 bits per heavy atom. The molecule has 6 nitrogen and oxygen atoms in total. The minimum atomic E-state index is -3.59. The van der Waals surface area contributed by atoms with Crippen molar-refractivity contribution in [2.75, 3.05) is 27.9 Å². The van der Waals surface area contributed by atoms with Crippen molar-refractivity contribution in [1.82, 2.24) is 4.72 Å². The van der Waals surface area contributed by atoms with Gasteiger partial charge < -0.3 is 14.2 Å². The van der Waals surface area contributed by atoms with Crippen molar-refractivity contribution >= 4 is 10.0 Å². The Morgan fingerprint density at radius 2 is 1.37 bits per heavy atom. The van der Waals surface area contributed by atoms with Crippen molar-refractivity contribution in [3.63, 3.8) is 0 Å². The molecule has 148 valence electrons. The zero-order valence-corrected chi connectivity index (χ0v) is 17.5. The van der Waals surface area contributed by atoms with E-state index in [0.29, 0.717) is 28.6 Å². The summed E-state index contributed by atoms with van der Waals surface area (Å²) in [5, 5.41) is 0. The molecule has 0 fully saturated rings. The fraction of sp³-hybridized carbons (Fsp3) is 0.400. The van der Waals surface area contributed by atoms with Crippen LogP contribution in [0.25, 0.3) is 0 Å². The first kappa shape index (κ1) is 21.1. The van der Waals surface area contributed by atoms with Gasteiger partial charge in [-0.3, -0.25) is 0 Å². The topological polar surface area (TPSA) is 73.9 Å². The predicted molar refractivity (Wildman–Crippen MR) is 106 cm³/mol. The van der Waals surface area contributed by atoms with Gasteiger partial charge in [-0.05, 0) is 56.0 Å². The summed E-state index contributed by atoms with van der Waals surface area (Å²) in [6.07, 6.45) is 0.486. The van der Waals surface area contributed by atoms with Crippen LogP contribution in [-0.4, -0.2) is 36.3 Å². The van der Waals surface area contributed by atoms with Crippen LogP contribution in [0.5, 0.6) is 17.2 Å². The molecule has 0 aliphatic rings. The third kappa shape index (κ3) is 4.73. The van der Waals surface area contributed by atoms with E-state index in [0.717, 1.165) is 22.3 Å². The SMILES string of the molecule is COc1cc(CCNS(=O)(=O)c2c(C)cc(C)cc2C)cc(OC)c1OC. The Balaban J connectivity index is 2.19. The molecule has 7 heteroatoms. The van der Waals surface area contributed by atoms with E-state index < -0.39 is 10.0 Å². The molecule has 0 aliphatic carbocycles. The highest BCUT2D eigenvalue weighted by Gasteiger charge is 2.20. The minimum absolute atomic E-state index is 0.258. The number of rotatable bonds is 8. The summed E-state index contributed by atoms with van der Waals surface area (Å²) in [5.41, 5.74) is 3.41. The maximum Gasteiger partial charge on any atom is 0.241 e. The second kappa shape index (κ2) is 8.63. The van der Waals surface area contributed by atoms with Gasteiger partial charge in [-0.15, -0.1) is 0 Å². The van der Waals surface area contributed by atoms with Gasteiger partial charge in [-0.1, -0.05) is 17.7 Å². The summed E-state index contributed by atoms with van der Waals surface area (Å²) >= 11 is 0. The normalized spacial score (nSPS) is 11.3. The van der Waals surface area contributed by atoms with E-state index in [4.69, 9.17) is 14.2 Å². The summed E-state index contributed by atoms with van der Waals surface area (Å²) in [7, 11) is 1.05. The minimum Gasteiger partial charge on any atom is -0.493 e. The molecule has 0 spiro atoms. The fourth-order valence-corrected chi connectivity index (χ4v) is 4.75. The summed E-state index contributed by atoms with van der Waals surface area (Å²) in [4.78, 5) is 0.345. The van der Waals surface area contributed by atoms with Crippen LogP contribution in [0.15, 0.2) is 29.2 Å². The average Bonchev–Trinajstić information content (AvgIpc) is 2.59. The molecule has 0 aliphatic heterocycles. The number of benzene rings is 2. The van der Waals surface area contributed by atoms with Gasteiger partial charge in [0.25, 0.3) is 0 Å². The van der Waals surface area contributed by atoms with Gasteiger partial charge in [-0.2, -0.15) is 0 Å². The van der Waals surface area contributed by atoms with Crippen LogP contribution >= 0.6 is 0 Å². The van der Waals surface area contributed by atoms with E-state index >= 15 is 0 Å². The quantitative estimate of drug-likeness (QED) is 0.746. The van der Waals surface area contributed by atoms with Gasteiger partial charge in [0.15, 0.2) is 11.5 Å². The molecule has 0 saturated heterocycles. The van der Waals surface area contributed by atoms with E-state index in [-0.39, 0.29) is 6.54 Å². The average molecular weight is 394 g/mol. The zero-order chi connectivity index (χ0) is 20.2. The number of nitrogens with one attached hydrogen (secondary N) is 1. The molecule has 0 saturated carbocycles. The molecular formula is C20H27NO5S. The van der Waals surface area contributed by atoms with Crippen LogP contribution in [0.1, 0.15) is 22.3 Å². The number of aryl methyl sites for hydroxylation is 3. The van der Waals surface area contributed by atoms with Crippen molar-refractivity contribution in [2.45, 2.75) is 32.1 Å². The molecule has 0 radical (unpaired) electrons. The van der Waals surface area contributed by atoms with Crippen LogP contribution in [0.4, 0.5) is 0 Å². The summed E-state index contributed by atoms with van der Waals surface area (Å²) < 4.78 is 44.1. The highest BCUT2D eigenvalue weighted by atomic mass is 32.2. The third-order valence-electron chi connectivity index (χ3n) is 4.30. The maximum absolute atomic E-state index is 12.7. The van der Waals surface area contributed by atoms with Crippen LogP contribution in [0.2, 0.25) is 0 Å². The van der Waals surface area contributed by atoms with Gasteiger partial charge in [0, 0.05) is 6.54 Å². The molecule has 0 bridgehead atoms. The smallest absolute Gasteiger partial charge is 0.241 e. The van der Waals surface area contributed by atoms with E-state index in [1.54, 1.807) is 21.3 Å². The van der Waals surface area contributed by atoms with Crippen LogP contribution in [0, 0.1) is 20.8 Å². The lowest BCUT2D eigenvalue weighted by Crippen LogP contribution is -2.27. The van der Waals surface area contributed by atoms with Crippen molar-refractivity contribution in [1.29, 1.82) is 0 Å². The zero-order valence-electron chi connectivity index (χ0n) is 16.7. The summed E-state index contributed by atoms with van der Waals surface area (Å²) in [6.45, 7) is 5.84. The summed E-state index contributed by atoms with van der Waals surface area (Å²) in [5.74, 6) is 1.59. The van der Waals surface area contributed by atoms with E-state index in [9.17, 15) is 8.42 Å². The second-order valence-corrected chi connectivity index (χ2v) is 8.11. The Morgan fingerprint density at radius 1 is 0.852 bits per heavy atom. The Hall–Kier alpha value is -2.25. The standard InChI is InChI=1S/C20H27NO5S/c1-13-9-14(2)20(15(3)10-13)27(22,23)21-8-7-16-11-17(24-4)19(26-6)18(12-16)25-5/h9-12,21H,7-8H2,1-6H3. The second-order valence-electron chi connectivity index (χ2n) is 6.41. The lowest BCUT2D eigenvalue weighted by molar-refractivity contribution is 0.324. The van der Waals surface area contributed by atoms with Crippen LogP contribution in [0.3, 0.4) is 0 Å². The van der Waals surface area contributed by atoms with Crippen molar-refractivity contribution in [3.8, 4) is 17.2 Å². The van der Waals surface area contributed by atoms with Gasteiger partial charge >= 0.3 is 0 Å². The van der Waals surface area contributed by atoms with Crippen molar-refractivity contribution < 1.29 is 22.6 Å². The molecule has 0 aromatic heterocycles. The monoisotopic (exact) mass is 393 g/mol. The number of hydrogen-bond acceptors (Lipinski definition) is 5. The van der Waals surface area contributed by atoms with Crippen molar-refractivity contribution in [2.24, 2.45) is 0 Å². The number of ether oxygens (including phenoxy) is 3. The number of methoxy groups -OCH3 is 3. The first-order valence-corrected chi connectivity index (χ1v) is 10.1. The molecule has 0 atom stereocenters. The lowest BCUT2D eigenvalue weighted by atomic mass is 10.1. The van der Waals surface area contributed by atoms with Crippen molar-refractivity contribution in [3.05, 3.63) is 46.5 Å². The molecule has 0 amide bonds. The molecule has 27 heavy (non-hydrogen) atoms. The number of sulfonamides is 1. The molecule has 1 N–H and O–H groups in total. The van der Waals surface area contributed by atoms with E-state index in [1.165, 1.54) is 0 Å². The molecule has 0 unspecified atom stereocenters. The molecule has 2 aromatic carbocycles. The highest BCUT2D eigenvalue weighted by molar-refractivity contribution is 7.89. The third-order valence-corrected chi connectivity index (χ3v) is 6.07. The van der Waals surface area contributed by atoms with Gasteiger partial charge in [0.2, 0.25) is 15.8 Å². The first-order chi connectivity index (χ1) is 12.7. The Kier molecular flexibility index (Phi) is 6.73. The van der Waals surface area contributed by atoms with Gasteiger partial charge in [0.05, 0.1) is 26.2 Å². The Bertz CT molecular complexity index is 874. The van der Waals surface area contributed by atoms with Gasteiger partial charge in [-0.25, -0.2) is 13.1 Å². The first-order valence-electron chi connectivity index (χ1n) is 8.60. The molecule has 0 heterocycles. The maximum atomic E-state index is 12.7. The largest absolute Gasteiger partial charge is 0.493 e. The van der Waals surface area contributed by atoms with E-state index in [1.807, 2.05) is 45.0 Å². The van der Waals surface area contributed by atoms with Crippen LogP contribution in [-0.2, 0) is 16.4 Å². The molecule has 2 rings (SSSR count). The summed E-state index contributed by atoms with van der Waals surface area (Å²) in [6, 6.07) is 7.39.